The predicted octanol–water partition coefficient (Wildman–Crippen LogP) is 3.47. The van der Waals surface area contributed by atoms with Crippen LogP contribution in [0, 0.1) is 0 Å². The van der Waals surface area contributed by atoms with Crippen LogP contribution >= 0.6 is 0 Å². The molecule has 0 amide bonds. The number of hydrogen-bond donors (Lipinski definition) is 1. The smallest absolute Gasteiger partial charge is 0.307 e. The highest BCUT2D eigenvalue weighted by atomic mass is 28.4. The maximum atomic E-state index is 11.6. The van der Waals surface area contributed by atoms with E-state index in [1.807, 2.05) is 6.92 Å². The van der Waals surface area contributed by atoms with Crippen LogP contribution in [0.25, 0.3) is 0 Å². The number of carbonyl (C=O) groups is 1. The largest absolute Gasteiger partial charge is 0.466 e. The van der Waals surface area contributed by atoms with E-state index in [1.54, 1.807) is 0 Å². The van der Waals surface area contributed by atoms with Gasteiger partial charge in [-0.1, -0.05) is 20.8 Å². The Morgan fingerprint density at radius 3 is 2.38 bits per heavy atom. The van der Waals surface area contributed by atoms with E-state index in [2.05, 4.69) is 46.1 Å². The van der Waals surface area contributed by atoms with E-state index in [0.29, 0.717) is 13.0 Å². The van der Waals surface area contributed by atoms with Crippen LogP contribution in [0.5, 0.6) is 0 Å². The van der Waals surface area contributed by atoms with Crippen LogP contribution in [0.4, 0.5) is 0 Å². The monoisotopic (exact) mass is 315 g/mol. The fourth-order valence-corrected chi connectivity index (χ4v) is 3.91. The van der Waals surface area contributed by atoms with Crippen molar-refractivity contribution in [3.05, 3.63) is 0 Å². The molecular weight excluding hydrogens is 282 g/mol. The number of esters is 1. The van der Waals surface area contributed by atoms with Gasteiger partial charge in [-0.3, -0.25) is 4.79 Å². The highest BCUT2D eigenvalue weighted by Crippen LogP contribution is 2.38. The lowest BCUT2D eigenvalue weighted by atomic mass is 9.95. The van der Waals surface area contributed by atoms with Crippen molar-refractivity contribution in [3.63, 3.8) is 0 Å². The second-order valence-electron chi connectivity index (χ2n) is 7.66. The van der Waals surface area contributed by atoms with Crippen LogP contribution in [0.1, 0.15) is 53.9 Å². The number of nitrogens with one attached hydrogen (secondary N) is 1. The summed E-state index contributed by atoms with van der Waals surface area (Å²) in [7, 11) is -1.73. The fraction of sp³-hybridized carbons (Fsp3) is 0.938. The van der Waals surface area contributed by atoms with Crippen molar-refractivity contribution in [2.24, 2.45) is 0 Å². The van der Waals surface area contributed by atoms with Crippen LogP contribution in [0.15, 0.2) is 0 Å². The topological polar surface area (TPSA) is 47.6 Å². The molecule has 0 bridgehead atoms. The molecule has 124 valence electrons. The van der Waals surface area contributed by atoms with Crippen molar-refractivity contribution in [1.82, 2.24) is 5.32 Å². The van der Waals surface area contributed by atoms with E-state index in [-0.39, 0.29) is 29.2 Å². The minimum atomic E-state index is -1.73. The quantitative estimate of drug-likeness (QED) is 0.623. The molecule has 21 heavy (non-hydrogen) atoms. The fourth-order valence-electron chi connectivity index (χ4n) is 2.48. The Morgan fingerprint density at radius 1 is 1.29 bits per heavy atom. The zero-order chi connectivity index (χ0) is 16.3. The van der Waals surface area contributed by atoms with Gasteiger partial charge < -0.3 is 14.5 Å². The molecule has 1 aliphatic rings. The number of ether oxygens (including phenoxy) is 1. The van der Waals surface area contributed by atoms with Gasteiger partial charge in [0.25, 0.3) is 0 Å². The summed E-state index contributed by atoms with van der Waals surface area (Å²) in [6, 6.07) is 0.505. The number of rotatable bonds is 5. The van der Waals surface area contributed by atoms with Gasteiger partial charge in [-0.15, -0.1) is 0 Å². The van der Waals surface area contributed by atoms with Crippen molar-refractivity contribution in [2.75, 3.05) is 6.61 Å². The SMILES string of the molecule is CCOC(=O)C[C@@H]1CC[C@H](O[Si](C)(C)C(C)(C)C)[C@H](C)N1. The summed E-state index contributed by atoms with van der Waals surface area (Å²) in [5.74, 6) is -0.106. The Hall–Kier alpha value is -0.393. The summed E-state index contributed by atoms with van der Waals surface area (Å²) in [5, 5.41) is 3.76. The molecule has 0 saturated carbocycles. The van der Waals surface area contributed by atoms with Gasteiger partial charge >= 0.3 is 5.97 Å². The van der Waals surface area contributed by atoms with Crippen molar-refractivity contribution < 1.29 is 14.0 Å². The third-order valence-corrected chi connectivity index (χ3v) is 9.33. The van der Waals surface area contributed by atoms with Crippen molar-refractivity contribution >= 4 is 14.3 Å². The Morgan fingerprint density at radius 2 is 1.90 bits per heavy atom. The normalized spacial score (nSPS) is 27.5. The molecule has 0 aromatic heterocycles. The van der Waals surface area contributed by atoms with E-state index < -0.39 is 8.32 Å². The second-order valence-corrected chi connectivity index (χ2v) is 12.4. The van der Waals surface area contributed by atoms with Gasteiger partial charge in [0.2, 0.25) is 0 Å². The predicted molar refractivity (Wildman–Crippen MR) is 88.9 cm³/mol. The molecule has 1 fully saturated rings. The first-order valence-corrected chi connectivity index (χ1v) is 11.1. The standard InChI is InChI=1S/C16H33NO3Si/c1-8-19-15(18)11-13-9-10-14(12(2)17-13)20-21(6,7)16(3,4)5/h12-14,17H,8-11H2,1-7H3/t12-,13-,14-/m0/s1. The van der Waals surface area contributed by atoms with E-state index in [9.17, 15) is 4.79 Å². The molecule has 1 rings (SSSR count). The highest BCUT2D eigenvalue weighted by molar-refractivity contribution is 6.74. The maximum absolute atomic E-state index is 11.6. The molecule has 0 aliphatic carbocycles. The van der Waals surface area contributed by atoms with E-state index >= 15 is 0 Å². The lowest BCUT2D eigenvalue weighted by molar-refractivity contribution is -0.144. The molecule has 0 aromatic rings. The van der Waals surface area contributed by atoms with E-state index in [0.717, 1.165) is 12.8 Å². The third-order valence-electron chi connectivity index (χ3n) is 4.83. The molecule has 0 radical (unpaired) electrons. The van der Waals surface area contributed by atoms with Crippen LogP contribution in [0.2, 0.25) is 18.1 Å². The average Bonchev–Trinajstić information content (AvgIpc) is 2.31. The van der Waals surface area contributed by atoms with Crippen LogP contribution in [-0.4, -0.2) is 39.1 Å². The molecule has 0 spiro atoms. The Balaban J connectivity index is 2.52. The summed E-state index contributed by atoms with van der Waals surface area (Å²) in [4.78, 5) is 11.6. The van der Waals surface area contributed by atoms with Gasteiger partial charge in [-0.05, 0) is 44.8 Å². The van der Waals surface area contributed by atoms with Gasteiger partial charge in [0.15, 0.2) is 8.32 Å². The molecule has 3 atom stereocenters. The maximum Gasteiger partial charge on any atom is 0.307 e. The molecule has 1 aliphatic heterocycles. The summed E-state index contributed by atoms with van der Waals surface area (Å²) < 4.78 is 11.5. The highest BCUT2D eigenvalue weighted by Gasteiger charge is 2.41. The first-order valence-electron chi connectivity index (χ1n) is 8.16. The van der Waals surface area contributed by atoms with Crippen LogP contribution < -0.4 is 5.32 Å². The van der Waals surface area contributed by atoms with Gasteiger partial charge in [0, 0.05) is 12.1 Å². The number of hydrogen-bond acceptors (Lipinski definition) is 4. The molecule has 4 nitrogen and oxygen atoms in total. The van der Waals surface area contributed by atoms with Crippen LogP contribution in [0.3, 0.4) is 0 Å². The molecule has 1 N–H and O–H groups in total. The van der Waals surface area contributed by atoms with Crippen LogP contribution in [-0.2, 0) is 14.0 Å². The first-order chi connectivity index (χ1) is 9.56. The Kier molecular flexibility index (Phi) is 6.44. The molecular formula is C16H33NO3Si. The molecule has 1 heterocycles. The second kappa shape index (κ2) is 7.25. The summed E-state index contributed by atoms with van der Waals surface area (Å²) in [5.41, 5.74) is 0. The molecule has 1 saturated heterocycles. The van der Waals surface area contributed by atoms with E-state index in [4.69, 9.17) is 9.16 Å². The van der Waals surface area contributed by atoms with Crippen molar-refractivity contribution in [2.45, 2.75) is 90.2 Å². The third kappa shape index (κ3) is 5.38. The number of carbonyl (C=O) groups excluding carboxylic acids is 1. The lowest BCUT2D eigenvalue weighted by Gasteiger charge is -2.44. The number of piperidine rings is 1. The van der Waals surface area contributed by atoms with E-state index in [1.165, 1.54) is 0 Å². The summed E-state index contributed by atoms with van der Waals surface area (Å²) >= 11 is 0. The minimum absolute atomic E-state index is 0.106. The Bertz CT molecular complexity index is 352. The molecule has 5 heteroatoms. The van der Waals surface area contributed by atoms with Crippen molar-refractivity contribution in [3.8, 4) is 0 Å². The summed E-state index contributed by atoms with van der Waals surface area (Å²) in [6.07, 6.45) is 2.71. The zero-order valence-corrected chi connectivity index (χ0v) is 15.8. The van der Waals surface area contributed by atoms with Gasteiger partial charge in [-0.2, -0.15) is 0 Å². The van der Waals surface area contributed by atoms with Crippen molar-refractivity contribution in [1.29, 1.82) is 0 Å². The minimum Gasteiger partial charge on any atom is -0.466 e. The van der Waals surface area contributed by atoms with Gasteiger partial charge in [0.05, 0.1) is 19.1 Å². The molecule has 0 aromatic carbocycles. The first kappa shape index (κ1) is 18.7. The summed E-state index contributed by atoms with van der Waals surface area (Å²) in [6.45, 7) is 15.9. The van der Waals surface area contributed by atoms with Gasteiger partial charge in [0.1, 0.15) is 0 Å². The Labute approximate surface area is 131 Å². The van der Waals surface area contributed by atoms with Gasteiger partial charge in [-0.25, -0.2) is 0 Å². The zero-order valence-electron chi connectivity index (χ0n) is 14.8. The lowest BCUT2D eigenvalue weighted by Crippen LogP contribution is -2.55. The molecule has 0 unspecified atom stereocenters. The average molecular weight is 316 g/mol.